The molecule has 0 aliphatic carbocycles. The Bertz CT molecular complexity index is 849. The van der Waals surface area contributed by atoms with Crippen molar-refractivity contribution in [3.05, 3.63) is 60.0 Å². The Morgan fingerprint density at radius 3 is 2.92 bits per heavy atom. The van der Waals surface area contributed by atoms with E-state index in [-0.39, 0.29) is 5.28 Å². The zero-order valence-corrected chi connectivity index (χ0v) is 14.0. The van der Waals surface area contributed by atoms with Gasteiger partial charge in [0.15, 0.2) is 0 Å². The average molecular weight is 340 g/mol. The Kier molecular flexibility index (Phi) is 4.22. The van der Waals surface area contributed by atoms with Crippen LogP contribution in [-0.2, 0) is 0 Å². The van der Waals surface area contributed by atoms with Crippen molar-refractivity contribution in [2.24, 2.45) is 0 Å². The largest absolute Gasteiger partial charge is 0.491 e. The molecule has 1 aliphatic rings. The first-order valence-corrected chi connectivity index (χ1v) is 8.55. The number of rotatable bonds is 4. The van der Waals surface area contributed by atoms with Gasteiger partial charge in [0.05, 0.1) is 6.04 Å². The van der Waals surface area contributed by atoms with Gasteiger partial charge < -0.3 is 9.64 Å². The standard InChI is InChI=1S/C19H18ClN3O/c20-19-21-11-10-18(22-19)23-12-4-7-15(23)13-24-17-9-3-6-14-5-1-2-8-16(14)17/h1-3,5-6,8-11,15H,4,7,12-13H2. The molecule has 4 nitrogen and oxygen atoms in total. The smallest absolute Gasteiger partial charge is 0.224 e. The highest BCUT2D eigenvalue weighted by atomic mass is 35.5. The van der Waals surface area contributed by atoms with E-state index in [1.165, 1.54) is 5.39 Å². The van der Waals surface area contributed by atoms with Crippen LogP contribution in [0.1, 0.15) is 12.8 Å². The van der Waals surface area contributed by atoms with Crippen LogP contribution in [0.4, 0.5) is 5.82 Å². The highest BCUT2D eigenvalue weighted by Gasteiger charge is 2.26. The first kappa shape index (κ1) is 15.2. The minimum absolute atomic E-state index is 0.285. The molecule has 4 rings (SSSR count). The predicted octanol–water partition coefficient (Wildman–Crippen LogP) is 4.33. The molecule has 0 amide bonds. The van der Waals surface area contributed by atoms with Crippen molar-refractivity contribution in [2.75, 3.05) is 18.1 Å². The number of benzene rings is 2. The van der Waals surface area contributed by atoms with Gasteiger partial charge in [-0.25, -0.2) is 9.97 Å². The second kappa shape index (κ2) is 6.65. The molecule has 1 fully saturated rings. The van der Waals surface area contributed by atoms with Gasteiger partial charge in [-0.15, -0.1) is 0 Å². The predicted molar refractivity (Wildman–Crippen MR) is 96.9 cm³/mol. The fourth-order valence-corrected chi connectivity index (χ4v) is 3.45. The summed E-state index contributed by atoms with van der Waals surface area (Å²) in [6.45, 7) is 1.60. The second-order valence-electron chi connectivity index (χ2n) is 5.96. The molecule has 0 bridgehead atoms. The van der Waals surface area contributed by atoms with Crippen LogP contribution >= 0.6 is 11.6 Å². The summed E-state index contributed by atoms with van der Waals surface area (Å²) < 4.78 is 6.17. The van der Waals surface area contributed by atoms with Crippen LogP contribution in [0.2, 0.25) is 5.28 Å². The topological polar surface area (TPSA) is 38.2 Å². The third kappa shape index (κ3) is 3.02. The zero-order valence-electron chi connectivity index (χ0n) is 13.2. The van der Waals surface area contributed by atoms with Crippen LogP contribution in [0.5, 0.6) is 5.75 Å². The average Bonchev–Trinajstić information content (AvgIpc) is 3.08. The minimum atomic E-state index is 0.285. The van der Waals surface area contributed by atoms with Crippen LogP contribution < -0.4 is 9.64 Å². The number of nitrogens with zero attached hydrogens (tertiary/aromatic N) is 3. The number of halogens is 1. The van der Waals surface area contributed by atoms with E-state index in [1.54, 1.807) is 6.20 Å². The third-order valence-corrected chi connectivity index (χ3v) is 4.65. The molecule has 0 N–H and O–H groups in total. The zero-order chi connectivity index (χ0) is 16.4. The van der Waals surface area contributed by atoms with Gasteiger partial charge in [-0.05, 0) is 42.0 Å². The first-order valence-electron chi connectivity index (χ1n) is 8.17. The SMILES string of the molecule is Clc1nccc(N2CCCC2COc2cccc3ccccc23)n1. The van der Waals surface area contributed by atoms with Gasteiger partial charge in [-0.2, -0.15) is 0 Å². The van der Waals surface area contributed by atoms with E-state index in [4.69, 9.17) is 16.3 Å². The number of anilines is 1. The van der Waals surface area contributed by atoms with E-state index in [0.717, 1.165) is 36.3 Å². The van der Waals surface area contributed by atoms with Gasteiger partial charge >= 0.3 is 0 Å². The Labute approximate surface area is 146 Å². The van der Waals surface area contributed by atoms with E-state index < -0.39 is 0 Å². The van der Waals surface area contributed by atoms with Crippen molar-refractivity contribution < 1.29 is 4.74 Å². The summed E-state index contributed by atoms with van der Waals surface area (Å²) >= 11 is 5.93. The molecule has 0 saturated carbocycles. The molecule has 2 heterocycles. The van der Waals surface area contributed by atoms with Crippen LogP contribution in [0.15, 0.2) is 54.7 Å². The molecule has 0 spiro atoms. The van der Waals surface area contributed by atoms with Gasteiger partial charge in [-0.1, -0.05) is 36.4 Å². The lowest BCUT2D eigenvalue weighted by molar-refractivity contribution is 0.291. The summed E-state index contributed by atoms with van der Waals surface area (Å²) in [5.74, 6) is 1.81. The summed E-state index contributed by atoms with van der Waals surface area (Å²) in [5, 5.41) is 2.63. The van der Waals surface area contributed by atoms with E-state index in [2.05, 4.69) is 33.1 Å². The Hall–Kier alpha value is -2.33. The van der Waals surface area contributed by atoms with Crippen LogP contribution in [0, 0.1) is 0 Å². The van der Waals surface area contributed by atoms with Gasteiger partial charge in [-0.3, -0.25) is 0 Å². The van der Waals surface area contributed by atoms with E-state index in [1.807, 2.05) is 30.3 Å². The molecule has 122 valence electrons. The molecule has 1 unspecified atom stereocenters. The van der Waals surface area contributed by atoms with Crippen molar-refractivity contribution in [1.29, 1.82) is 0 Å². The number of ether oxygens (including phenoxy) is 1. The van der Waals surface area contributed by atoms with Crippen LogP contribution in [0.3, 0.4) is 0 Å². The summed E-state index contributed by atoms with van der Waals surface area (Å²) in [4.78, 5) is 10.6. The molecular formula is C19H18ClN3O. The molecule has 1 aromatic heterocycles. The molecular weight excluding hydrogens is 322 g/mol. The van der Waals surface area contributed by atoms with Gasteiger partial charge in [0, 0.05) is 18.1 Å². The monoisotopic (exact) mass is 339 g/mol. The Morgan fingerprint density at radius 1 is 1.12 bits per heavy atom. The van der Waals surface area contributed by atoms with E-state index in [9.17, 15) is 0 Å². The molecule has 1 saturated heterocycles. The fraction of sp³-hybridized carbons (Fsp3) is 0.263. The van der Waals surface area contributed by atoms with Crippen molar-refractivity contribution in [2.45, 2.75) is 18.9 Å². The maximum atomic E-state index is 6.17. The fourth-order valence-electron chi connectivity index (χ4n) is 3.30. The number of aromatic nitrogens is 2. The number of fused-ring (bicyclic) bond motifs is 1. The highest BCUT2D eigenvalue weighted by molar-refractivity contribution is 6.28. The highest BCUT2D eigenvalue weighted by Crippen LogP contribution is 2.28. The van der Waals surface area contributed by atoms with Crippen molar-refractivity contribution in [3.63, 3.8) is 0 Å². The Morgan fingerprint density at radius 2 is 2.00 bits per heavy atom. The molecule has 5 heteroatoms. The molecule has 1 atom stereocenters. The lowest BCUT2D eigenvalue weighted by atomic mass is 10.1. The minimum Gasteiger partial charge on any atom is -0.491 e. The van der Waals surface area contributed by atoms with Crippen LogP contribution in [0.25, 0.3) is 10.8 Å². The second-order valence-corrected chi connectivity index (χ2v) is 6.30. The molecule has 1 aliphatic heterocycles. The van der Waals surface area contributed by atoms with Gasteiger partial charge in [0.25, 0.3) is 0 Å². The quantitative estimate of drug-likeness (QED) is 0.663. The molecule has 0 radical (unpaired) electrons. The van der Waals surface area contributed by atoms with Crippen molar-refractivity contribution >= 4 is 28.2 Å². The normalized spacial score (nSPS) is 17.4. The maximum absolute atomic E-state index is 6.17. The van der Waals surface area contributed by atoms with Crippen molar-refractivity contribution in [1.82, 2.24) is 9.97 Å². The lowest BCUT2D eigenvalue weighted by Gasteiger charge is -2.25. The number of hydrogen-bond acceptors (Lipinski definition) is 4. The van der Waals surface area contributed by atoms with E-state index in [0.29, 0.717) is 12.6 Å². The molecule has 24 heavy (non-hydrogen) atoms. The Balaban J connectivity index is 1.52. The molecule has 2 aromatic carbocycles. The third-order valence-electron chi connectivity index (χ3n) is 4.46. The van der Waals surface area contributed by atoms with Gasteiger partial charge in [0.1, 0.15) is 18.2 Å². The summed E-state index contributed by atoms with van der Waals surface area (Å²) in [6.07, 6.45) is 3.92. The molecule has 3 aromatic rings. The summed E-state index contributed by atoms with van der Waals surface area (Å²) in [5.41, 5.74) is 0. The van der Waals surface area contributed by atoms with E-state index >= 15 is 0 Å². The first-order chi connectivity index (χ1) is 11.8. The van der Waals surface area contributed by atoms with Crippen molar-refractivity contribution in [3.8, 4) is 5.75 Å². The maximum Gasteiger partial charge on any atom is 0.224 e. The summed E-state index contributed by atoms with van der Waals surface area (Å²) in [7, 11) is 0. The summed E-state index contributed by atoms with van der Waals surface area (Å²) in [6, 6.07) is 16.7. The lowest BCUT2D eigenvalue weighted by Crippen LogP contribution is -2.34. The van der Waals surface area contributed by atoms with Crippen LogP contribution in [-0.4, -0.2) is 29.2 Å². The number of hydrogen-bond donors (Lipinski definition) is 0. The van der Waals surface area contributed by atoms with Gasteiger partial charge in [0.2, 0.25) is 5.28 Å².